The van der Waals surface area contributed by atoms with Gasteiger partial charge in [0.05, 0.1) is 18.6 Å². The summed E-state index contributed by atoms with van der Waals surface area (Å²) in [5.41, 5.74) is 3.65. The number of carboxylic acid groups (broad SMARTS) is 1. The molecule has 3 aromatic rings. The van der Waals surface area contributed by atoms with Crippen LogP contribution >= 0.6 is 0 Å². The zero-order valence-electron chi connectivity index (χ0n) is 19.5. The summed E-state index contributed by atoms with van der Waals surface area (Å²) in [6.07, 6.45) is 0.727. The number of aromatic nitrogens is 1. The Hall–Kier alpha value is -2.00. The van der Waals surface area contributed by atoms with E-state index in [9.17, 15) is 19.4 Å². The molecular formula is C24H29FNNaO5. The molecule has 32 heavy (non-hydrogen) atoms. The van der Waals surface area contributed by atoms with Gasteiger partial charge in [-0.2, -0.15) is 0 Å². The molecule has 2 atom stereocenters. The molecule has 0 bridgehead atoms. The van der Waals surface area contributed by atoms with Crippen LogP contribution < -0.4 is 29.6 Å². The molecule has 0 unspecified atom stereocenters. The van der Waals surface area contributed by atoms with E-state index in [1.807, 2.05) is 24.3 Å². The maximum Gasteiger partial charge on any atom is 1.00 e. The Labute approximate surface area is 210 Å². The third-order valence-corrected chi connectivity index (χ3v) is 5.00. The maximum atomic E-state index is 13.5. The van der Waals surface area contributed by atoms with Gasteiger partial charge in [-0.1, -0.05) is 36.4 Å². The molecular weight excluding hydrogens is 424 g/mol. The summed E-state index contributed by atoms with van der Waals surface area (Å²) in [6.45, 7) is 4.12. The second-order valence-electron chi connectivity index (χ2n) is 7.66. The number of halogens is 1. The van der Waals surface area contributed by atoms with Gasteiger partial charge in [-0.3, -0.25) is 4.79 Å². The van der Waals surface area contributed by atoms with Crippen LogP contribution in [0.2, 0.25) is 0 Å². The molecule has 0 amide bonds. The number of aliphatic hydroxyl groups excluding tert-OH is 2. The van der Waals surface area contributed by atoms with E-state index in [1.165, 1.54) is 12.1 Å². The van der Waals surface area contributed by atoms with Crippen LogP contribution in [0.3, 0.4) is 0 Å². The predicted octanol–water partition coefficient (Wildman–Crippen LogP) is 0.920. The number of aliphatic carboxylic acids is 1. The zero-order chi connectivity index (χ0) is 21.8. The van der Waals surface area contributed by atoms with Gasteiger partial charge in [0.2, 0.25) is 0 Å². The van der Waals surface area contributed by atoms with Crippen molar-refractivity contribution in [1.29, 1.82) is 0 Å². The number of para-hydroxylation sites is 1. The molecule has 0 saturated carbocycles. The number of fused-ring (bicyclic) bond motifs is 1. The number of hydrogen-bond donors (Lipinski definition) is 3. The van der Waals surface area contributed by atoms with Gasteiger partial charge in [0.15, 0.2) is 0 Å². The van der Waals surface area contributed by atoms with Crippen LogP contribution in [0.4, 0.5) is 4.39 Å². The second kappa shape index (κ2) is 12.3. The van der Waals surface area contributed by atoms with E-state index >= 15 is 0 Å². The van der Waals surface area contributed by atoms with E-state index in [0.717, 1.165) is 27.7 Å². The standard InChI is InChI=1S/C24H26FNO4.Na.H2O.H/c1-15(2)26-21-6-4-3-5-20(21)24(16-7-9-17(25)10-8-16)22(26)12-11-18(27)13-19(28)14-23(29)30;;;/h3-12,15,18-19,27-28H,13-14H2,1-2H3,(H,29,30);;1H2;/q;+1;;-1/b12-11+;;;/t18-,19-;;;/m1.../s1. The first kappa shape index (κ1) is 28.0. The van der Waals surface area contributed by atoms with Crippen molar-refractivity contribution in [2.45, 2.75) is 44.9 Å². The van der Waals surface area contributed by atoms with E-state index in [2.05, 4.69) is 18.4 Å². The molecule has 0 aliphatic rings. The summed E-state index contributed by atoms with van der Waals surface area (Å²) in [5.74, 6) is -1.43. The SMILES string of the molecule is CC(C)n1c(/C=C/[C@@H](O)C[C@@H](O)CC(=O)O)c(-c2ccc(F)cc2)c2ccccc21.O.[H-].[Na+]. The van der Waals surface area contributed by atoms with Crippen molar-refractivity contribution in [2.75, 3.05) is 0 Å². The Bertz CT molecular complexity index is 1070. The number of carboxylic acids is 1. The molecule has 6 nitrogen and oxygen atoms in total. The summed E-state index contributed by atoms with van der Waals surface area (Å²) in [4.78, 5) is 10.7. The molecule has 0 saturated heterocycles. The molecule has 3 rings (SSSR count). The molecule has 2 aromatic carbocycles. The maximum absolute atomic E-state index is 13.5. The molecule has 0 aliphatic carbocycles. The number of nitrogens with zero attached hydrogens (tertiary/aromatic N) is 1. The average Bonchev–Trinajstić information content (AvgIpc) is 3.00. The Morgan fingerprint density at radius 2 is 1.75 bits per heavy atom. The van der Waals surface area contributed by atoms with Gasteiger partial charge >= 0.3 is 35.5 Å². The van der Waals surface area contributed by atoms with Gasteiger partial charge in [0.1, 0.15) is 5.82 Å². The van der Waals surface area contributed by atoms with E-state index in [4.69, 9.17) is 5.11 Å². The first-order valence-electron chi connectivity index (χ1n) is 9.93. The van der Waals surface area contributed by atoms with Crippen LogP contribution in [0, 0.1) is 5.82 Å². The molecule has 5 N–H and O–H groups in total. The van der Waals surface area contributed by atoms with E-state index in [0.29, 0.717) is 0 Å². The van der Waals surface area contributed by atoms with Crippen molar-refractivity contribution in [3.63, 3.8) is 0 Å². The van der Waals surface area contributed by atoms with E-state index < -0.39 is 24.6 Å². The summed E-state index contributed by atoms with van der Waals surface area (Å²) < 4.78 is 15.6. The van der Waals surface area contributed by atoms with Gasteiger partial charge in [-0.05, 0) is 43.7 Å². The van der Waals surface area contributed by atoms with Gasteiger partial charge in [-0.25, -0.2) is 4.39 Å². The minimum absolute atomic E-state index is 0. The molecule has 0 spiro atoms. The molecule has 1 heterocycles. The smallest absolute Gasteiger partial charge is 1.00 e. The van der Waals surface area contributed by atoms with Crippen LogP contribution in [-0.4, -0.2) is 43.5 Å². The van der Waals surface area contributed by atoms with Gasteiger partial charge in [0.25, 0.3) is 0 Å². The Kier molecular flexibility index (Phi) is 10.8. The number of hydrogen-bond acceptors (Lipinski definition) is 3. The van der Waals surface area contributed by atoms with Gasteiger partial charge < -0.3 is 26.8 Å². The topological polar surface area (TPSA) is 114 Å². The Balaban J connectivity index is 0.00000341. The van der Waals surface area contributed by atoms with Crippen LogP contribution in [-0.2, 0) is 4.79 Å². The largest absolute Gasteiger partial charge is 1.00 e. The number of benzene rings is 2. The van der Waals surface area contributed by atoms with Crippen LogP contribution in [0.15, 0.2) is 54.6 Å². The fourth-order valence-corrected chi connectivity index (χ4v) is 3.77. The van der Waals surface area contributed by atoms with Crippen molar-refractivity contribution in [1.82, 2.24) is 4.57 Å². The van der Waals surface area contributed by atoms with Crippen molar-refractivity contribution in [2.24, 2.45) is 0 Å². The fraction of sp³-hybridized carbons (Fsp3) is 0.292. The first-order valence-corrected chi connectivity index (χ1v) is 9.93. The first-order chi connectivity index (χ1) is 14.3. The summed E-state index contributed by atoms with van der Waals surface area (Å²) in [7, 11) is 0. The minimum atomic E-state index is -1.13. The monoisotopic (exact) mass is 453 g/mol. The van der Waals surface area contributed by atoms with Crippen LogP contribution in [0.5, 0.6) is 0 Å². The minimum Gasteiger partial charge on any atom is -1.00 e. The van der Waals surface area contributed by atoms with E-state index in [-0.39, 0.29) is 54.7 Å². The summed E-state index contributed by atoms with van der Waals surface area (Å²) >= 11 is 0. The fourth-order valence-electron chi connectivity index (χ4n) is 3.77. The zero-order valence-corrected chi connectivity index (χ0v) is 20.5. The molecule has 1 aromatic heterocycles. The van der Waals surface area contributed by atoms with Crippen molar-refractivity contribution < 1.29 is 61.0 Å². The normalized spacial score (nSPS) is 13.1. The Morgan fingerprint density at radius 3 is 2.34 bits per heavy atom. The quantitative estimate of drug-likeness (QED) is 0.440. The van der Waals surface area contributed by atoms with Crippen LogP contribution in [0.25, 0.3) is 28.1 Å². The number of aliphatic hydroxyl groups is 2. The van der Waals surface area contributed by atoms with Crippen LogP contribution in [0.1, 0.15) is 39.9 Å². The number of rotatable bonds is 8. The Morgan fingerprint density at radius 1 is 1.12 bits per heavy atom. The molecule has 0 radical (unpaired) electrons. The number of carbonyl (C=O) groups is 1. The predicted molar refractivity (Wildman–Crippen MR) is 120 cm³/mol. The summed E-state index contributed by atoms with van der Waals surface area (Å²) in [6, 6.07) is 14.4. The van der Waals surface area contributed by atoms with Gasteiger partial charge in [-0.15, -0.1) is 0 Å². The van der Waals surface area contributed by atoms with Crippen molar-refractivity contribution in [3.8, 4) is 11.1 Å². The molecule has 8 heteroatoms. The van der Waals surface area contributed by atoms with E-state index in [1.54, 1.807) is 24.3 Å². The summed E-state index contributed by atoms with van der Waals surface area (Å²) in [5, 5.41) is 29.9. The second-order valence-corrected chi connectivity index (χ2v) is 7.66. The van der Waals surface area contributed by atoms with Crippen molar-refractivity contribution >= 4 is 22.9 Å². The molecule has 0 fully saturated rings. The van der Waals surface area contributed by atoms with Gasteiger partial charge in [0, 0.05) is 34.6 Å². The van der Waals surface area contributed by atoms with Crippen molar-refractivity contribution in [3.05, 3.63) is 66.1 Å². The molecule has 0 aliphatic heterocycles. The molecule has 168 valence electrons. The third-order valence-electron chi connectivity index (χ3n) is 5.00. The average molecular weight is 453 g/mol. The third kappa shape index (κ3) is 6.51.